The van der Waals surface area contributed by atoms with Crippen LogP contribution in [0.2, 0.25) is 0 Å². The zero-order valence-corrected chi connectivity index (χ0v) is 14.3. The van der Waals surface area contributed by atoms with Gasteiger partial charge in [-0.05, 0) is 18.1 Å². The second-order valence-electron chi connectivity index (χ2n) is 5.76. The average Bonchev–Trinajstić information content (AvgIpc) is 3.01. The highest BCUT2D eigenvalue weighted by Gasteiger charge is 2.12. The highest BCUT2D eigenvalue weighted by atomic mass is 15.4. The second kappa shape index (κ2) is 7.14. The van der Waals surface area contributed by atoms with E-state index in [-0.39, 0.29) is 0 Å². The number of hydrogen-bond donors (Lipinski definition) is 2. The molecular weight excluding hydrogens is 314 g/mol. The normalized spacial score (nSPS) is 10.5. The van der Waals surface area contributed by atoms with Crippen molar-refractivity contribution in [2.75, 3.05) is 10.3 Å². The third-order valence-corrected chi connectivity index (χ3v) is 3.85. The first kappa shape index (κ1) is 16.7. The van der Waals surface area contributed by atoms with E-state index in [2.05, 4.69) is 46.0 Å². The van der Waals surface area contributed by atoms with E-state index in [0.717, 1.165) is 16.8 Å². The molecule has 0 radical (unpaired) electrons. The van der Waals surface area contributed by atoms with Gasteiger partial charge in [-0.25, -0.2) is 10.8 Å². The maximum absolute atomic E-state index is 6.29. The van der Waals surface area contributed by atoms with E-state index in [4.69, 9.17) is 5.84 Å². The Hall–Kier alpha value is -3.19. The molecule has 0 aliphatic rings. The molecule has 0 saturated carbocycles. The minimum absolute atomic E-state index is 0.453. The van der Waals surface area contributed by atoms with Crippen molar-refractivity contribution >= 4 is 23.5 Å². The minimum atomic E-state index is 0.453. The number of anilines is 3. The fourth-order valence-electron chi connectivity index (χ4n) is 2.48. The molecule has 2 aromatic heterocycles. The molecule has 0 unspecified atom stereocenters. The summed E-state index contributed by atoms with van der Waals surface area (Å²) in [5.41, 5.74) is 3.90. The van der Waals surface area contributed by atoms with Crippen LogP contribution in [0.25, 0.3) is 6.08 Å². The van der Waals surface area contributed by atoms with Crippen LogP contribution in [0.3, 0.4) is 0 Å². The summed E-state index contributed by atoms with van der Waals surface area (Å²) < 4.78 is 1.70. The molecular formula is C18H21N7. The van der Waals surface area contributed by atoms with E-state index < -0.39 is 0 Å². The standard InChI is InChI=1S/C18H21N7/c1-4-14-9-20-18(22-16-10-21-24(3)12-16)23-17(14)25(19)11-15-8-6-5-7-13(15)2/h4-10,12H,1,11,19H2,2-3H3,(H,20,22,23). The fourth-order valence-corrected chi connectivity index (χ4v) is 2.48. The van der Waals surface area contributed by atoms with E-state index in [9.17, 15) is 0 Å². The van der Waals surface area contributed by atoms with E-state index in [1.807, 2.05) is 25.4 Å². The maximum atomic E-state index is 6.29. The Morgan fingerprint density at radius 3 is 2.80 bits per heavy atom. The maximum Gasteiger partial charge on any atom is 0.229 e. The molecule has 25 heavy (non-hydrogen) atoms. The molecule has 7 nitrogen and oxygen atoms in total. The van der Waals surface area contributed by atoms with Crippen molar-refractivity contribution in [2.45, 2.75) is 13.5 Å². The molecule has 0 fully saturated rings. The van der Waals surface area contributed by atoms with E-state index in [0.29, 0.717) is 18.3 Å². The van der Waals surface area contributed by atoms with Gasteiger partial charge in [-0.15, -0.1) is 0 Å². The van der Waals surface area contributed by atoms with E-state index in [1.165, 1.54) is 5.56 Å². The van der Waals surface area contributed by atoms with Gasteiger partial charge in [-0.1, -0.05) is 36.9 Å². The molecule has 0 aliphatic carbocycles. The Morgan fingerprint density at radius 1 is 1.32 bits per heavy atom. The van der Waals surface area contributed by atoms with Gasteiger partial charge in [0.15, 0.2) is 5.82 Å². The van der Waals surface area contributed by atoms with Gasteiger partial charge in [0.2, 0.25) is 5.95 Å². The van der Waals surface area contributed by atoms with Crippen LogP contribution in [0.15, 0.2) is 49.4 Å². The lowest BCUT2D eigenvalue weighted by Gasteiger charge is -2.21. The topological polar surface area (TPSA) is 84.9 Å². The van der Waals surface area contributed by atoms with Crippen LogP contribution in [0.1, 0.15) is 16.7 Å². The molecule has 0 amide bonds. The van der Waals surface area contributed by atoms with Gasteiger partial charge in [0, 0.05) is 25.0 Å². The van der Waals surface area contributed by atoms with Crippen LogP contribution < -0.4 is 16.2 Å². The largest absolute Gasteiger partial charge is 0.321 e. The SMILES string of the molecule is C=Cc1cnc(Nc2cnn(C)c2)nc1N(N)Cc1ccccc1C. The first-order valence-electron chi connectivity index (χ1n) is 7.88. The van der Waals surface area contributed by atoms with Crippen molar-refractivity contribution in [3.05, 3.63) is 66.1 Å². The average molecular weight is 335 g/mol. The highest BCUT2D eigenvalue weighted by molar-refractivity contribution is 5.64. The molecule has 0 aliphatic heterocycles. The Morgan fingerprint density at radius 2 is 2.12 bits per heavy atom. The molecule has 0 atom stereocenters. The molecule has 1 aromatic carbocycles. The van der Waals surface area contributed by atoms with E-state index in [1.54, 1.807) is 28.2 Å². The van der Waals surface area contributed by atoms with Crippen molar-refractivity contribution in [3.63, 3.8) is 0 Å². The number of rotatable bonds is 6. The van der Waals surface area contributed by atoms with Crippen molar-refractivity contribution in [1.82, 2.24) is 19.7 Å². The highest BCUT2D eigenvalue weighted by Crippen LogP contribution is 2.22. The first-order chi connectivity index (χ1) is 12.1. The number of benzene rings is 1. The smallest absolute Gasteiger partial charge is 0.229 e. The van der Waals surface area contributed by atoms with Crippen LogP contribution in [0.5, 0.6) is 0 Å². The van der Waals surface area contributed by atoms with Crippen LogP contribution in [0.4, 0.5) is 17.5 Å². The quantitative estimate of drug-likeness (QED) is 0.532. The first-order valence-corrected chi connectivity index (χ1v) is 7.88. The van der Waals surface area contributed by atoms with Gasteiger partial charge >= 0.3 is 0 Å². The van der Waals surface area contributed by atoms with Gasteiger partial charge in [0.05, 0.1) is 18.4 Å². The van der Waals surface area contributed by atoms with Crippen molar-refractivity contribution in [2.24, 2.45) is 12.9 Å². The second-order valence-corrected chi connectivity index (χ2v) is 5.76. The predicted octanol–water partition coefficient (Wildman–Crippen LogP) is 2.79. The number of aryl methyl sites for hydroxylation is 2. The van der Waals surface area contributed by atoms with Crippen molar-refractivity contribution < 1.29 is 0 Å². The third kappa shape index (κ3) is 3.84. The Bertz CT molecular complexity index is 885. The van der Waals surface area contributed by atoms with Crippen molar-refractivity contribution in [3.8, 4) is 0 Å². The molecule has 0 spiro atoms. The number of nitrogens with two attached hydrogens (primary N) is 1. The molecule has 3 N–H and O–H groups in total. The van der Waals surface area contributed by atoms with Gasteiger partial charge < -0.3 is 5.32 Å². The van der Waals surface area contributed by atoms with Gasteiger partial charge in [-0.3, -0.25) is 9.69 Å². The number of aromatic nitrogens is 4. The summed E-state index contributed by atoms with van der Waals surface area (Å²) in [6.45, 7) is 6.42. The summed E-state index contributed by atoms with van der Waals surface area (Å²) in [6.07, 6.45) is 6.95. The summed E-state index contributed by atoms with van der Waals surface area (Å²) in [5, 5.41) is 8.85. The number of hydrogen-bond acceptors (Lipinski definition) is 6. The van der Waals surface area contributed by atoms with Crippen molar-refractivity contribution in [1.29, 1.82) is 0 Å². The van der Waals surface area contributed by atoms with Gasteiger partial charge in [0.25, 0.3) is 0 Å². The predicted molar refractivity (Wildman–Crippen MR) is 100 cm³/mol. The summed E-state index contributed by atoms with van der Waals surface area (Å²) in [4.78, 5) is 8.85. The van der Waals surface area contributed by atoms with Gasteiger partial charge in [0.1, 0.15) is 0 Å². The number of hydrazine groups is 1. The molecule has 0 saturated heterocycles. The molecule has 3 aromatic rings. The zero-order valence-electron chi connectivity index (χ0n) is 14.3. The summed E-state index contributed by atoms with van der Waals surface area (Å²) in [7, 11) is 1.85. The monoisotopic (exact) mass is 335 g/mol. The van der Waals surface area contributed by atoms with Crippen LogP contribution in [0, 0.1) is 6.92 Å². The Labute approximate surface area is 146 Å². The molecule has 7 heteroatoms. The van der Waals surface area contributed by atoms with E-state index >= 15 is 0 Å². The van der Waals surface area contributed by atoms with Crippen LogP contribution in [-0.2, 0) is 13.6 Å². The zero-order chi connectivity index (χ0) is 17.8. The molecule has 128 valence electrons. The minimum Gasteiger partial charge on any atom is -0.321 e. The third-order valence-electron chi connectivity index (χ3n) is 3.85. The Balaban J connectivity index is 1.86. The number of nitrogens with one attached hydrogen (secondary N) is 1. The lowest BCUT2D eigenvalue weighted by molar-refractivity contribution is 0.768. The Kier molecular flexibility index (Phi) is 4.76. The van der Waals surface area contributed by atoms with Gasteiger partial charge in [-0.2, -0.15) is 10.1 Å². The van der Waals surface area contributed by atoms with Crippen LogP contribution in [-0.4, -0.2) is 19.7 Å². The molecule has 3 rings (SSSR count). The number of nitrogens with zero attached hydrogens (tertiary/aromatic N) is 5. The summed E-state index contributed by atoms with van der Waals surface area (Å²) in [6, 6.07) is 8.13. The summed E-state index contributed by atoms with van der Waals surface area (Å²) in [5.74, 6) is 7.35. The molecule has 0 bridgehead atoms. The lowest BCUT2D eigenvalue weighted by atomic mass is 10.1. The lowest BCUT2D eigenvalue weighted by Crippen LogP contribution is -2.32. The fraction of sp³-hybridized carbons (Fsp3) is 0.167. The van der Waals surface area contributed by atoms with Crippen LogP contribution >= 0.6 is 0 Å². The molecule has 2 heterocycles. The summed E-state index contributed by atoms with van der Waals surface area (Å²) >= 11 is 0.